The lowest BCUT2D eigenvalue weighted by molar-refractivity contribution is -0.136. The predicted octanol–water partition coefficient (Wildman–Crippen LogP) is 0.522. The molecule has 0 radical (unpaired) electrons. The van der Waals surface area contributed by atoms with Gasteiger partial charge in [0.15, 0.2) is 0 Å². The number of nitrogens with one attached hydrogen (secondary N) is 1. The normalized spacial score (nSPS) is 10.6. The van der Waals surface area contributed by atoms with Gasteiger partial charge in [-0.2, -0.15) is 0 Å². The number of hydrogen-bond acceptors (Lipinski definition) is 3. The van der Waals surface area contributed by atoms with E-state index in [0.717, 1.165) is 6.20 Å². The van der Waals surface area contributed by atoms with Gasteiger partial charge in [-0.05, 0) is 0 Å². The van der Waals surface area contributed by atoms with Crippen molar-refractivity contribution in [1.29, 1.82) is 0 Å². The average Bonchev–Trinajstić information content (AvgIpc) is 2.09. The van der Waals surface area contributed by atoms with Crippen molar-refractivity contribution in [3.63, 3.8) is 0 Å². The zero-order chi connectivity index (χ0) is 11.6. The van der Waals surface area contributed by atoms with Crippen LogP contribution >= 0.6 is 0 Å². The highest BCUT2D eigenvalue weighted by Crippen LogP contribution is 2.23. The van der Waals surface area contributed by atoms with E-state index in [-0.39, 0.29) is 5.56 Å². The molecule has 0 aromatic carbocycles. The summed E-state index contributed by atoms with van der Waals surface area (Å²) in [4.78, 5) is 23.3. The maximum absolute atomic E-state index is 12.4. The summed E-state index contributed by atoms with van der Waals surface area (Å²) in [5, 5.41) is 8.46. The molecule has 4 N–H and O–H groups in total. The zero-order valence-corrected chi connectivity index (χ0v) is 7.46. The number of H-pyrrole nitrogens is 1. The van der Waals surface area contributed by atoms with Gasteiger partial charge in [0.25, 0.3) is 12.0 Å². The van der Waals surface area contributed by atoms with Gasteiger partial charge >= 0.3 is 5.97 Å². The number of alkyl halides is 2. The van der Waals surface area contributed by atoms with Crippen molar-refractivity contribution in [2.24, 2.45) is 0 Å². The first-order valence-electron chi connectivity index (χ1n) is 3.93. The molecule has 0 amide bonds. The van der Waals surface area contributed by atoms with Gasteiger partial charge in [-0.25, -0.2) is 8.78 Å². The van der Waals surface area contributed by atoms with Crippen LogP contribution in [0.5, 0.6) is 0 Å². The van der Waals surface area contributed by atoms with Gasteiger partial charge in [0.2, 0.25) is 0 Å². The van der Waals surface area contributed by atoms with Gasteiger partial charge in [-0.1, -0.05) is 0 Å². The number of halogens is 2. The van der Waals surface area contributed by atoms with Gasteiger partial charge in [-0.3, -0.25) is 9.59 Å². The Morgan fingerprint density at radius 1 is 1.60 bits per heavy atom. The summed E-state index contributed by atoms with van der Waals surface area (Å²) in [7, 11) is 0. The average molecular weight is 218 g/mol. The maximum atomic E-state index is 12.4. The van der Waals surface area contributed by atoms with Crippen LogP contribution in [0.15, 0.2) is 11.0 Å². The SMILES string of the molecule is Nc1c(CC(=O)O)c[nH]c(=O)c1C(F)F. The van der Waals surface area contributed by atoms with E-state index in [1.165, 1.54) is 0 Å². The van der Waals surface area contributed by atoms with Crippen LogP contribution in [0, 0.1) is 0 Å². The number of anilines is 1. The van der Waals surface area contributed by atoms with E-state index < -0.39 is 35.6 Å². The zero-order valence-electron chi connectivity index (χ0n) is 7.46. The minimum absolute atomic E-state index is 0.0302. The van der Waals surface area contributed by atoms with Crippen LogP contribution in [0.4, 0.5) is 14.5 Å². The molecule has 0 aliphatic rings. The molecule has 0 spiro atoms. The highest BCUT2D eigenvalue weighted by molar-refractivity contribution is 5.73. The van der Waals surface area contributed by atoms with Crippen molar-refractivity contribution in [3.05, 3.63) is 27.7 Å². The molecule has 15 heavy (non-hydrogen) atoms. The summed E-state index contributed by atoms with van der Waals surface area (Å²) in [5.74, 6) is -1.21. The number of hydrogen-bond donors (Lipinski definition) is 3. The first kappa shape index (κ1) is 11.2. The second kappa shape index (κ2) is 4.07. The number of rotatable bonds is 3. The third-order valence-electron chi connectivity index (χ3n) is 1.82. The molecule has 1 heterocycles. The fourth-order valence-electron chi connectivity index (χ4n) is 1.13. The number of pyridine rings is 1. The second-order valence-electron chi connectivity index (χ2n) is 2.84. The van der Waals surface area contributed by atoms with E-state index in [2.05, 4.69) is 0 Å². The lowest BCUT2D eigenvalue weighted by Crippen LogP contribution is -2.18. The van der Waals surface area contributed by atoms with Crippen molar-refractivity contribution in [1.82, 2.24) is 4.98 Å². The lowest BCUT2D eigenvalue weighted by atomic mass is 10.1. The molecule has 1 aromatic heterocycles. The number of carboxylic acids is 1. The summed E-state index contributed by atoms with van der Waals surface area (Å²) in [6.07, 6.45) is -2.51. The molecule has 1 aromatic rings. The van der Waals surface area contributed by atoms with Crippen molar-refractivity contribution < 1.29 is 18.7 Å². The molecule has 5 nitrogen and oxygen atoms in total. The smallest absolute Gasteiger partial charge is 0.307 e. The van der Waals surface area contributed by atoms with E-state index in [0.29, 0.717) is 0 Å². The molecule has 0 unspecified atom stereocenters. The topological polar surface area (TPSA) is 96.2 Å². The minimum atomic E-state index is -3.03. The van der Waals surface area contributed by atoms with E-state index in [4.69, 9.17) is 10.8 Å². The minimum Gasteiger partial charge on any atom is -0.481 e. The van der Waals surface area contributed by atoms with Crippen LogP contribution < -0.4 is 11.3 Å². The first-order valence-corrected chi connectivity index (χ1v) is 3.93. The van der Waals surface area contributed by atoms with Crippen molar-refractivity contribution in [3.8, 4) is 0 Å². The fraction of sp³-hybridized carbons (Fsp3) is 0.250. The highest BCUT2D eigenvalue weighted by Gasteiger charge is 2.19. The molecule has 1 rings (SSSR count). The Bertz CT molecular complexity index is 442. The summed E-state index contributed by atoms with van der Waals surface area (Å²) in [6, 6.07) is 0. The molecule has 0 aliphatic carbocycles. The Labute approximate surface area is 82.5 Å². The standard InChI is InChI=1S/C8H8F2N2O3/c9-7(10)5-6(11)3(1-4(13)14)2-12-8(5)15/h2,7H,1H2,(H,13,14)(H3,11,12,15). The Balaban J connectivity index is 3.28. The number of aliphatic carboxylic acids is 1. The summed E-state index contributed by atoms with van der Waals surface area (Å²) in [6.45, 7) is 0. The molecule has 0 aliphatic heterocycles. The monoisotopic (exact) mass is 218 g/mol. The van der Waals surface area contributed by atoms with E-state index in [9.17, 15) is 18.4 Å². The van der Waals surface area contributed by atoms with Crippen molar-refractivity contribution in [2.75, 3.05) is 5.73 Å². The van der Waals surface area contributed by atoms with Crippen LogP contribution in [-0.4, -0.2) is 16.1 Å². The molecule has 0 fully saturated rings. The molecule has 0 atom stereocenters. The second-order valence-corrected chi connectivity index (χ2v) is 2.84. The molecular weight excluding hydrogens is 210 g/mol. The van der Waals surface area contributed by atoms with Gasteiger partial charge in [0.1, 0.15) is 5.56 Å². The predicted molar refractivity (Wildman–Crippen MR) is 47.8 cm³/mol. The lowest BCUT2D eigenvalue weighted by Gasteiger charge is -2.07. The summed E-state index contributed by atoms with van der Waals surface area (Å²) >= 11 is 0. The quantitative estimate of drug-likeness (QED) is 0.689. The first-order chi connectivity index (χ1) is 6.93. The number of aromatic nitrogens is 1. The number of carbonyl (C=O) groups is 1. The Morgan fingerprint density at radius 2 is 2.20 bits per heavy atom. The van der Waals surface area contributed by atoms with Crippen LogP contribution in [0.2, 0.25) is 0 Å². The third kappa shape index (κ3) is 2.30. The van der Waals surface area contributed by atoms with E-state index in [1.807, 2.05) is 4.98 Å². The van der Waals surface area contributed by atoms with Gasteiger partial charge < -0.3 is 15.8 Å². The highest BCUT2D eigenvalue weighted by atomic mass is 19.3. The fourth-order valence-corrected chi connectivity index (χ4v) is 1.13. The molecule has 7 heteroatoms. The number of carboxylic acid groups (broad SMARTS) is 1. The van der Waals surface area contributed by atoms with Crippen LogP contribution in [0.3, 0.4) is 0 Å². The molecular formula is C8H8F2N2O3. The van der Waals surface area contributed by atoms with Gasteiger partial charge in [0.05, 0.1) is 12.1 Å². The van der Waals surface area contributed by atoms with Gasteiger partial charge in [-0.15, -0.1) is 0 Å². The Kier molecular flexibility index (Phi) is 3.03. The van der Waals surface area contributed by atoms with Gasteiger partial charge in [0, 0.05) is 11.8 Å². The number of nitrogen functional groups attached to an aromatic ring is 1. The van der Waals surface area contributed by atoms with Crippen LogP contribution in [-0.2, 0) is 11.2 Å². The van der Waals surface area contributed by atoms with E-state index >= 15 is 0 Å². The summed E-state index contributed by atoms with van der Waals surface area (Å²) < 4.78 is 24.7. The Hall–Kier alpha value is -1.92. The van der Waals surface area contributed by atoms with Crippen LogP contribution in [0.25, 0.3) is 0 Å². The molecule has 0 bridgehead atoms. The third-order valence-corrected chi connectivity index (χ3v) is 1.82. The Morgan fingerprint density at radius 3 is 2.67 bits per heavy atom. The van der Waals surface area contributed by atoms with E-state index in [1.54, 1.807) is 0 Å². The number of nitrogens with two attached hydrogens (primary N) is 1. The number of aromatic amines is 1. The molecule has 0 saturated heterocycles. The molecule has 0 saturated carbocycles. The molecule has 82 valence electrons. The van der Waals surface area contributed by atoms with Crippen LogP contribution in [0.1, 0.15) is 17.6 Å². The van der Waals surface area contributed by atoms with Crippen molar-refractivity contribution in [2.45, 2.75) is 12.8 Å². The van der Waals surface area contributed by atoms with Crippen molar-refractivity contribution >= 4 is 11.7 Å². The summed E-state index contributed by atoms with van der Waals surface area (Å²) in [5.41, 5.74) is 2.89. The largest absolute Gasteiger partial charge is 0.481 e. The maximum Gasteiger partial charge on any atom is 0.307 e.